The molecule has 6 heteroatoms. The van der Waals surface area contributed by atoms with Crippen molar-refractivity contribution < 1.29 is 18.0 Å². The fourth-order valence-electron chi connectivity index (χ4n) is 3.53. The molecule has 2 aromatic rings. The van der Waals surface area contributed by atoms with Crippen molar-refractivity contribution in [3.63, 3.8) is 0 Å². The molecular weight excluding hydrogens is 389 g/mol. The molecular formula is C24H23F3N2O. The van der Waals surface area contributed by atoms with E-state index in [4.69, 9.17) is 0 Å². The van der Waals surface area contributed by atoms with Gasteiger partial charge in [0.2, 0.25) is 0 Å². The summed E-state index contributed by atoms with van der Waals surface area (Å²) in [6.45, 7) is 4.64. The molecule has 0 aliphatic heterocycles. The third-order valence-corrected chi connectivity index (χ3v) is 4.86. The number of hydrogen-bond acceptors (Lipinski definition) is 1. The highest BCUT2D eigenvalue weighted by molar-refractivity contribution is 6.05. The van der Waals surface area contributed by atoms with Gasteiger partial charge in [0, 0.05) is 18.4 Å². The molecule has 3 rings (SSSR count). The number of amides is 1. The number of carbonyl (C=O) groups is 1. The number of rotatable bonds is 7. The lowest BCUT2D eigenvalue weighted by molar-refractivity contribution is -0.136. The van der Waals surface area contributed by atoms with E-state index >= 15 is 0 Å². The van der Waals surface area contributed by atoms with Gasteiger partial charge in [-0.15, -0.1) is 0 Å². The van der Waals surface area contributed by atoms with Crippen molar-refractivity contribution in [3.8, 4) is 0 Å². The average molecular weight is 412 g/mol. The maximum absolute atomic E-state index is 13.2. The summed E-state index contributed by atoms with van der Waals surface area (Å²) in [5, 5.41) is 2.44. The number of para-hydroxylation sites is 1. The highest BCUT2D eigenvalue weighted by atomic mass is 19.4. The second-order valence-corrected chi connectivity index (χ2v) is 7.41. The van der Waals surface area contributed by atoms with Crippen LogP contribution in [-0.4, -0.2) is 10.5 Å². The number of aromatic nitrogens is 1. The maximum atomic E-state index is 13.2. The first-order valence-electron chi connectivity index (χ1n) is 9.80. The number of carbonyl (C=O) groups excluding carboxylic acids is 1. The molecule has 1 aliphatic rings. The molecule has 0 saturated heterocycles. The van der Waals surface area contributed by atoms with Gasteiger partial charge in [-0.05, 0) is 54.7 Å². The Hall–Kier alpha value is -3.20. The molecule has 0 spiro atoms. The predicted molar refractivity (Wildman–Crippen MR) is 111 cm³/mol. The van der Waals surface area contributed by atoms with Crippen molar-refractivity contribution >= 4 is 11.6 Å². The van der Waals surface area contributed by atoms with Crippen molar-refractivity contribution in [2.45, 2.75) is 45.3 Å². The normalized spacial score (nSPS) is 13.1. The molecule has 1 aromatic carbocycles. The molecule has 0 unspecified atom stereocenters. The largest absolute Gasteiger partial charge is 0.418 e. The van der Waals surface area contributed by atoms with Crippen molar-refractivity contribution in [2.24, 2.45) is 0 Å². The van der Waals surface area contributed by atoms with E-state index in [1.807, 2.05) is 42.8 Å². The zero-order valence-corrected chi connectivity index (χ0v) is 16.9. The molecule has 1 aliphatic carbocycles. The number of aryl methyl sites for hydroxylation is 1. The molecule has 0 radical (unpaired) electrons. The van der Waals surface area contributed by atoms with Crippen molar-refractivity contribution in [3.05, 3.63) is 88.6 Å². The van der Waals surface area contributed by atoms with E-state index in [1.165, 1.54) is 18.2 Å². The number of halogens is 3. The number of anilines is 1. The molecule has 1 aromatic heterocycles. The van der Waals surface area contributed by atoms with Crippen molar-refractivity contribution in [1.82, 2.24) is 4.57 Å². The number of alkyl halides is 3. The number of nitrogens with zero attached hydrogens (tertiary/aromatic N) is 1. The molecule has 0 fully saturated rings. The zero-order chi connectivity index (χ0) is 21.7. The lowest BCUT2D eigenvalue weighted by atomic mass is 10.0. The van der Waals surface area contributed by atoms with Gasteiger partial charge in [-0.2, -0.15) is 13.2 Å². The Morgan fingerprint density at radius 2 is 1.93 bits per heavy atom. The minimum Gasteiger partial charge on any atom is -0.350 e. The van der Waals surface area contributed by atoms with Gasteiger partial charge in [-0.3, -0.25) is 4.79 Å². The molecule has 156 valence electrons. The van der Waals surface area contributed by atoms with Gasteiger partial charge < -0.3 is 9.88 Å². The summed E-state index contributed by atoms with van der Waals surface area (Å²) in [5.41, 5.74) is 7.06. The summed E-state index contributed by atoms with van der Waals surface area (Å²) < 4.78 is 41.7. The number of nitrogens with one attached hydrogen (secondary N) is 1. The maximum Gasteiger partial charge on any atom is 0.418 e. The monoisotopic (exact) mass is 412 g/mol. The van der Waals surface area contributed by atoms with Crippen LogP contribution < -0.4 is 5.32 Å². The van der Waals surface area contributed by atoms with E-state index in [0.717, 1.165) is 30.2 Å². The van der Waals surface area contributed by atoms with Crippen LogP contribution in [0.25, 0.3) is 0 Å². The van der Waals surface area contributed by atoms with Crippen LogP contribution >= 0.6 is 0 Å². The summed E-state index contributed by atoms with van der Waals surface area (Å²) in [7, 11) is 0. The summed E-state index contributed by atoms with van der Waals surface area (Å²) in [6.07, 6.45) is 4.73. The fourth-order valence-corrected chi connectivity index (χ4v) is 3.53. The number of allylic oxidation sites excluding steroid dienone is 4. The van der Waals surface area contributed by atoms with Crippen molar-refractivity contribution in [1.29, 1.82) is 0 Å². The lowest BCUT2D eigenvalue weighted by Crippen LogP contribution is -2.18. The number of benzene rings is 1. The van der Waals surface area contributed by atoms with E-state index in [2.05, 4.69) is 16.8 Å². The van der Waals surface area contributed by atoms with Crippen molar-refractivity contribution in [2.75, 3.05) is 5.32 Å². The highest BCUT2D eigenvalue weighted by Crippen LogP contribution is 2.35. The van der Waals surface area contributed by atoms with Crippen LogP contribution in [0, 0.1) is 0 Å². The van der Waals surface area contributed by atoms with Crippen LogP contribution in [-0.2, 0) is 12.7 Å². The Morgan fingerprint density at radius 1 is 1.17 bits per heavy atom. The van der Waals surface area contributed by atoms with E-state index in [0.29, 0.717) is 12.1 Å². The molecule has 1 heterocycles. The molecule has 0 bridgehead atoms. The molecule has 30 heavy (non-hydrogen) atoms. The first-order valence-corrected chi connectivity index (χ1v) is 9.80. The van der Waals surface area contributed by atoms with Crippen LogP contribution in [0.4, 0.5) is 18.9 Å². The smallest absolute Gasteiger partial charge is 0.350 e. The summed E-state index contributed by atoms with van der Waals surface area (Å²) in [6, 6.07) is 6.67. The molecule has 1 amide bonds. The molecule has 1 N–H and O–H groups in total. The van der Waals surface area contributed by atoms with Gasteiger partial charge in [0.15, 0.2) is 0 Å². The van der Waals surface area contributed by atoms with E-state index < -0.39 is 17.6 Å². The second kappa shape index (κ2) is 9.08. The Balaban J connectivity index is 1.76. The van der Waals surface area contributed by atoms with Crippen LogP contribution in [0.1, 0.15) is 54.2 Å². The first kappa shape index (κ1) is 21.5. The average Bonchev–Trinajstić information content (AvgIpc) is 3.13. The van der Waals surface area contributed by atoms with Gasteiger partial charge in [0.05, 0.1) is 16.8 Å². The Kier molecular flexibility index (Phi) is 6.51. The summed E-state index contributed by atoms with van der Waals surface area (Å²) in [4.78, 5) is 12.8. The van der Waals surface area contributed by atoms with Gasteiger partial charge in [-0.25, -0.2) is 0 Å². The summed E-state index contributed by atoms with van der Waals surface area (Å²) >= 11 is 0. The second-order valence-electron chi connectivity index (χ2n) is 7.41. The van der Waals surface area contributed by atoms with E-state index in [9.17, 15) is 18.0 Å². The summed E-state index contributed by atoms with van der Waals surface area (Å²) in [5.74, 6) is -0.499. The first-order chi connectivity index (χ1) is 14.3. The van der Waals surface area contributed by atoms with Gasteiger partial charge in [0.25, 0.3) is 5.91 Å². The SMILES string of the molecule is CC(C)c1c(C(=O)Nc2ccccc2C(F)(F)F)ccn1CCCC1=CC=C=C=C1. The van der Waals surface area contributed by atoms with E-state index in [-0.39, 0.29) is 11.6 Å². The van der Waals surface area contributed by atoms with Gasteiger partial charge >= 0.3 is 6.18 Å². The van der Waals surface area contributed by atoms with Gasteiger partial charge in [-0.1, -0.05) is 43.5 Å². The third kappa shape index (κ3) is 5.04. The Bertz CT molecular complexity index is 1060. The Morgan fingerprint density at radius 3 is 2.60 bits per heavy atom. The van der Waals surface area contributed by atoms with Gasteiger partial charge in [0.1, 0.15) is 0 Å². The zero-order valence-electron chi connectivity index (χ0n) is 16.9. The molecule has 0 atom stereocenters. The predicted octanol–water partition coefficient (Wildman–Crippen LogP) is 6.47. The molecule has 0 saturated carbocycles. The fraction of sp³-hybridized carbons (Fsp3) is 0.292. The van der Waals surface area contributed by atoms with Crippen LogP contribution in [0.15, 0.2) is 71.8 Å². The van der Waals surface area contributed by atoms with Crippen LogP contribution in [0.2, 0.25) is 0 Å². The minimum atomic E-state index is -4.54. The third-order valence-electron chi connectivity index (χ3n) is 4.86. The minimum absolute atomic E-state index is 0.0401. The van der Waals surface area contributed by atoms with Crippen LogP contribution in [0.3, 0.4) is 0 Å². The standard InChI is InChI=1S/C24H23F3N2O/c1-17(2)22-19(14-16-29(22)15-8-11-18-9-4-3-5-10-18)23(30)28-21-13-7-6-12-20(21)24(25,26)27/h4,6-7,9-10,12-14,16-17H,8,11,15H2,1-2H3,(H,28,30). The topological polar surface area (TPSA) is 34.0 Å². The van der Waals surface area contributed by atoms with Crippen LogP contribution in [0.5, 0.6) is 0 Å². The number of hydrogen-bond donors (Lipinski definition) is 1. The lowest BCUT2D eigenvalue weighted by Gasteiger charge is -2.16. The molecule has 3 nitrogen and oxygen atoms in total. The van der Waals surface area contributed by atoms with E-state index in [1.54, 1.807) is 6.07 Å². The Labute approximate surface area is 173 Å². The highest BCUT2D eigenvalue weighted by Gasteiger charge is 2.34. The quantitative estimate of drug-likeness (QED) is 0.520.